The van der Waals surface area contributed by atoms with Crippen LogP contribution in [-0.2, 0) is 6.18 Å². The Morgan fingerprint density at radius 3 is 2.36 bits per heavy atom. The second-order valence-corrected chi connectivity index (χ2v) is 4.68. The zero-order chi connectivity index (χ0) is 15.9. The Kier molecular flexibility index (Phi) is 3.13. The van der Waals surface area contributed by atoms with E-state index >= 15 is 0 Å². The summed E-state index contributed by atoms with van der Waals surface area (Å²) in [5.41, 5.74) is -1.05. The third-order valence-electron chi connectivity index (χ3n) is 3.28. The first kappa shape index (κ1) is 14.1. The van der Waals surface area contributed by atoms with Gasteiger partial charge in [0.25, 0.3) is 5.56 Å². The summed E-state index contributed by atoms with van der Waals surface area (Å²) in [4.78, 5) is 11.7. The predicted molar refractivity (Wildman–Crippen MR) is 74.5 cm³/mol. The number of nitrogens with one attached hydrogen (secondary N) is 1. The molecule has 22 heavy (non-hydrogen) atoms. The van der Waals surface area contributed by atoms with Gasteiger partial charge in [0.2, 0.25) is 0 Å². The number of H-pyrrole nitrogens is 1. The van der Waals surface area contributed by atoms with Gasteiger partial charge in [-0.25, -0.2) is 5.10 Å². The molecule has 0 aliphatic carbocycles. The van der Waals surface area contributed by atoms with Gasteiger partial charge in [-0.3, -0.25) is 4.79 Å². The van der Waals surface area contributed by atoms with Gasteiger partial charge in [0, 0.05) is 10.9 Å². The minimum absolute atomic E-state index is 0.112. The molecule has 0 bridgehead atoms. The molecule has 2 aromatic carbocycles. The maximum atomic E-state index is 12.6. The molecule has 0 amide bonds. The molecule has 0 aliphatic heterocycles. The molecular weight excluding hydrogens is 297 g/mol. The van der Waals surface area contributed by atoms with E-state index in [9.17, 15) is 23.1 Å². The third-order valence-corrected chi connectivity index (χ3v) is 3.28. The van der Waals surface area contributed by atoms with Crippen LogP contribution < -0.4 is 5.56 Å². The van der Waals surface area contributed by atoms with Crippen molar-refractivity contribution in [3.05, 3.63) is 58.4 Å². The number of alkyl halides is 3. The van der Waals surface area contributed by atoms with E-state index < -0.39 is 23.0 Å². The lowest BCUT2D eigenvalue weighted by Crippen LogP contribution is -2.09. The number of hydrogen-bond acceptors (Lipinski definition) is 3. The Bertz CT molecular complexity index is 917. The molecule has 0 atom stereocenters. The van der Waals surface area contributed by atoms with Crippen molar-refractivity contribution < 1.29 is 18.3 Å². The van der Waals surface area contributed by atoms with Crippen molar-refractivity contribution in [1.29, 1.82) is 0 Å². The van der Waals surface area contributed by atoms with Gasteiger partial charge in [0.1, 0.15) is 11.4 Å². The lowest BCUT2D eigenvalue weighted by Gasteiger charge is -2.10. The van der Waals surface area contributed by atoms with Crippen LogP contribution in [-0.4, -0.2) is 15.3 Å². The molecule has 112 valence electrons. The second-order valence-electron chi connectivity index (χ2n) is 4.68. The second kappa shape index (κ2) is 4.87. The van der Waals surface area contributed by atoms with E-state index in [1.807, 2.05) is 0 Å². The van der Waals surface area contributed by atoms with Crippen molar-refractivity contribution in [2.24, 2.45) is 0 Å². The molecular formula is C15H9F3N2O2. The van der Waals surface area contributed by atoms with E-state index in [-0.39, 0.29) is 11.3 Å². The molecule has 3 aromatic rings. The van der Waals surface area contributed by atoms with E-state index in [2.05, 4.69) is 10.2 Å². The molecule has 0 spiro atoms. The monoisotopic (exact) mass is 306 g/mol. The molecule has 2 N–H and O–H groups in total. The highest BCUT2D eigenvalue weighted by molar-refractivity contribution is 5.94. The first-order chi connectivity index (χ1) is 10.4. The van der Waals surface area contributed by atoms with Gasteiger partial charge in [0.05, 0.1) is 10.9 Å². The molecule has 0 saturated carbocycles. The average Bonchev–Trinajstić information content (AvgIpc) is 2.47. The van der Waals surface area contributed by atoms with Crippen molar-refractivity contribution in [2.75, 3.05) is 0 Å². The molecule has 0 fully saturated rings. The van der Waals surface area contributed by atoms with Crippen LogP contribution in [0.1, 0.15) is 5.56 Å². The minimum atomic E-state index is -4.55. The van der Waals surface area contributed by atoms with Crippen LogP contribution >= 0.6 is 0 Å². The van der Waals surface area contributed by atoms with E-state index in [1.54, 1.807) is 24.3 Å². The van der Waals surface area contributed by atoms with Gasteiger partial charge in [-0.1, -0.05) is 18.2 Å². The average molecular weight is 306 g/mol. The van der Waals surface area contributed by atoms with Crippen molar-refractivity contribution >= 4 is 10.8 Å². The van der Waals surface area contributed by atoms with Gasteiger partial charge in [-0.2, -0.15) is 18.3 Å². The maximum Gasteiger partial charge on any atom is 0.416 e. The fourth-order valence-corrected chi connectivity index (χ4v) is 2.23. The number of halogens is 3. The van der Waals surface area contributed by atoms with Crippen LogP contribution in [0.25, 0.3) is 22.0 Å². The lowest BCUT2D eigenvalue weighted by atomic mass is 10.0. The molecule has 1 aromatic heterocycles. The molecule has 4 nitrogen and oxygen atoms in total. The maximum absolute atomic E-state index is 12.6. The number of aromatic amines is 1. The molecule has 0 saturated heterocycles. The lowest BCUT2D eigenvalue weighted by molar-refractivity contribution is -0.137. The highest BCUT2D eigenvalue weighted by atomic mass is 19.4. The fraction of sp³-hybridized carbons (Fsp3) is 0.0667. The summed E-state index contributed by atoms with van der Waals surface area (Å²) in [6.45, 7) is 0. The normalized spacial score (nSPS) is 11.8. The Hall–Kier alpha value is -2.83. The van der Waals surface area contributed by atoms with Crippen LogP contribution in [0.2, 0.25) is 0 Å². The summed E-state index contributed by atoms with van der Waals surface area (Å²) in [5, 5.41) is 16.8. The SMILES string of the molecule is O=c1[nH]nc(-c2ccc(C(F)(F)F)cc2O)c2ccccc12. The van der Waals surface area contributed by atoms with Gasteiger partial charge in [-0.15, -0.1) is 0 Å². The van der Waals surface area contributed by atoms with Crippen LogP contribution in [0.3, 0.4) is 0 Å². The molecule has 1 heterocycles. The van der Waals surface area contributed by atoms with Crippen LogP contribution in [0, 0.1) is 0 Å². The number of aromatic hydroxyl groups is 1. The van der Waals surface area contributed by atoms with Crippen molar-refractivity contribution in [3.63, 3.8) is 0 Å². The number of rotatable bonds is 1. The first-order valence-corrected chi connectivity index (χ1v) is 6.26. The summed E-state index contributed by atoms with van der Waals surface area (Å²) in [6.07, 6.45) is -4.55. The highest BCUT2D eigenvalue weighted by Gasteiger charge is 2.31. The van der Waals surface area contributed by atoms with Crippen LogP contribution in [0.5, 0.6) is 5.75 Å². The number of phenolic OH excluding ortho intramolecular Hbond substituents is 1. The van der Waals surface area contributed by atoms with Gasteiger partial charge in [-0.05, 0) is 24.3 Å². The Labute approximate surface area is 121 Å². The summed E-state index contributed by atoms with van der Waals surface area (Å²) in [5.74, 6) is -0.556. The number of fused-ring (bicyclic) bond motifs is 1. The first-order valence-electron chi connectivity index (χ1n) is 6.26. The Morgan fingerprint density at radius 1 is 1.05 bits per heavy atom. The molecule has 0 radical (unpaired) electrons. The number of aromatic nitrogens is 2. The van der Waals surface area contributed by atoms with Crippen LogP contribution in [0.4, 0.5) is 13.2 Å². The number of benzene rings is 2. The summed E-state index contributed by atoms with van der Waals surface area (Å²) in [7, 11) is 0. The molecule has 0 unspecified atom stereocenters. The summed E-state index contributed by atoms with van der Waals surface area (Å²) >= 11 is 0. The zero-order valence-corrected chi connectivity index (χ0v) is 11.0. The van der Waals surface area contributed by atoms with Crippen molar-refractivity contribution in [1.82, 2.24) is 10.2 Å². The Balaban J connectivity index is 2.25. The predicted octanol–water partition coefficient (Wildman–Crippen LogP) is 3.31. The van der Waals surface area contributed by atoms with Gasteiger partial charge < -0.3 is 5.11 Å². The van der Waals surface area contributed by atoms with Crippen molar-refractivity contribution in [2.45, 2.75) is 6.18 Å². The third kappa shape index (κ3) is 2.30. The smallest absolute Gasteiger partial charge is 0.416 e. The van der Waals surface area contributed by atoms with E-state index in [4.69, 9.17) is 0 Å². The standard InChI is InChI=1S/C15H9F3N2O2/c16-15(17,18)8-5-6-11(12(21)7-8)13-9-3-1-2-4-10(9)14(22)20-19-13/h1-7,21H,(H,20,22). The molecule has 3 rings (SSSR count). The number of hydrogen-bond donors (Lipinski definition) is 2. The number of phenols is 1. The van der Waals surface area contributed by atoms with E-state index in [0.29, 0.717) is 16.8 Å². The fourth-order valence-electron chi connectivity index (χ4n) is 2.23. The van der Waals surface area contributed by atoms with Crippen LogP contribution in [0.15, 0.2) is 47.3 Å². The van der Waals surface area contributed by atoms with E-state index in [0.717, 1.165) is 12.1 Å². The largest absolute Gasteiger partial charge is 0.507 e. The quantitative estimate of drug-likeness (QED) is 0.725. The van der Waals surface area contributed by atoms with Crippen molar-refractivity contribution in [3.8, 4) is 17.0 Å². The van der Waals surface area contributed by atoms with Gasteiger partial charge >= 0.3 is 6.18 Å². The van der Waals surface area contributed by atoms with Gasteiger partial charge in [0.15, 0.2) is 0 Å². The highest BCUT2D eigenvalue weighted by Crippen LogP contribution is 2.37. The topological polar surface area (TPSA) is 66.0 Å². The summed E-state index contributed by atoms with van der Waals surface area (Å²) < 4.78 is 37.9. The van der Waals surface area contributed by atoms with E-state index in [1.165, 1.54) is 0 Å². The minimum Gasteiger partial charge on any atom is -0.507 e. The number of nitrogens with zero attached hydrogens (tertiary/aromatic N) is 1. The zero-order valence-electron chi connectivity index (χ0n) is 11.0. The molecule has 7 heteroatoms. The molecule has 0 aliphatic rings. The Morgan fingerprint density at radius 2 is 1.73 bits per heavy atom. The summed E-state index contributed by atoms with van der Waals surface area (Å²) in [6, 6.07) is 9.14.